The largest absolute Gasteiger partial charge is 0.383 e. The van der Waals surface area contributed by atoms with Gasteiger partial charge >= 0.3 is 0 Å². The van der Waals surface area contributed by atoms with Gasteiger partial charge in [0, 0.05) is 59.0 Å². The number of ether oxygens (including phenoxy) is 1. The highest BCUT2D eigenvalue weighted by Gasteiger charge is 2.25. The Labute approximate surface area is 158 Å². The van der Waals surface area contributed by atoms with E-state index in [0.717, 1.165) is 45.1 Å². The van der Waals surface area contributed by atoms with E-state index in [9.17, 15) is 0 Å². The Hall–Kier alpha value is -1.63. The molecule has 0 radical (unpaired) electrons. The highest BCUT2D eigenvalue weighted by Crippen LogP contribution is 2.24. The molecule has 2 atom stereocenters. The Kier molecular flexibility index (Phi) is 8.88. The van der Waals surface area contributed by atoms with Gasteiger partial charge in [-0.15, -0.1) is 0 Å². The molecule has 146 valence electrons. The number of guanidine groups is 1. The molecular weight excluding hydrogens is 326 g/mol. The minimum Gasteiger partial charge on any atom is -0.383 e. The smallest absolute Gasteiger partial charge is 0.191 e. The van der Waals surface area contributed by atoms with E-state index in [0.29, 0.717) is 12.6 Å². The van der Waals surface area contributed by atoms with Crippen LogP contribution in [0, 0.1) is 0 Å². The lowest BCUT2D eigenvalue weighted by Crippen LogP contribution is -2.48. The lowest BCUT2D eigenvalue weighted by Gasteiger charge is -2.40. The molecule has 1 aromatic carbocycles. The minimum absolute atomic E-state index is 0.242. The van der Waals surface area contributed by atoms with Crippen LogP contribution in [0.15, 0.2) is 35.3 Å². The van der Waals surface area contributed by atoms with Crippen molar-refractivity contribution in [1.29, 1.82) is 0 Å². The molecule has 1 fully saturated rings. The molecule has 0 spiro atoms. The Balaban J connectivity index is 1.79. The highest BCUT2D eigenvalue weighted by atomic mass is 16.5. The van der Waals surface area contributed by atoms with Crippen LogP contribution in [0.4, 0.5) is 0 Å². The normalized spacial score (nSPS) is 20.8. The zero-order valence-corrected chi connectivity index (χ0v) is 16.7. The van der Waals surface area contributed by atoms with E-state index in [2.05, 4.69) is 69.7 Å². The number of piperazine rings is 1. The van der Waals surface area contributed by atoms with Crippen molar-refractivity contribution in [3.05, 3.63) is 35.9 Å². The third kappa shape index (κ3) is 6.59. The molecule has 2 rings (SSSR count). The van der Waals surface area contributed by atoms with Crippen LogP contribution in [0.5, 0.6) is 0 Å². The molecule has 0 aromatic heterocycles. The van der Waals surface area contributed by atoms with Gasteiger partial charge in [-0.3, -0.25) is 9.89 Å². The zero-order chi connectivity index (χ0) is 18.8. The van der Waals surface area contributed by atoms with Crippen molar-refractivity contribution in [2.45, 2.75) is 25.4 Å². The van der Waals surface area contributed by atoms with Crippen LogP contribution < -0.4 is 10.6 Å². The molecule has 1 heterocycles. The molecule has 0 amide bonds. The molecular formula is C20H35N5O. The van der Waals surface area contributed by atoms with Gasteiger partial charge in [-0.05, 0) is 26.0 Å². The van der Waals surface area contributed by atoms with Gasteiger partial charge in [0.2, 0.25) is 0 Å². The Morgan fingerprint density at radius 1 is 1.31 bits per heavy atom. The van der Waals surface area contributed by atoms with Gasteiger partial charge in [-0.2, -0.15) is 0 Å². The van der Waals surface area contributed by atoms with Gasteiger partial charge < -0.3 is 20.3 Å². The topological polar surface area (TPSA) is 52.1 Å². The number of rotatable bonds is 8. The van der Waals surface area contributed by atoms with Crippen LogP contribution in [0.2, 0.25) is 0 Å². The van der Waals surface area contributed by atoms with Crippen LogP contribution in [-0.4, -0.2) is 82.3 Å². The van der Waals surface area contributed by atoms with Crippen molar-refractivity contribution < 1.29 is 4.74 Å². The first kappa shape index (κ1) is 20.7. The van der Waals surface area contributed by atoms with E-state index in [-0.39, 0.29) is 6.04 Å². The maximum Gasteiger partial charge on any atom is 0.191 e. The van der Waals surface area contributed by atoms with Gasteiger partial charge in [0.25, 0.3) is 0 Å². The highest BCUT2D eigenvalue weighted by molar-refractivity contribution is 5.79. The molecule has 1 aliphatic heterocycles. The Bertz CT molecular complexity index is 536. The molecule has 2 unspecified atom stereocenters. The molecule has 0 saturated carbocycles. The predicted molar refractivity (Wildman–Crippen MR) is 109 cm³/mol. The standard InChI is InChI=1S/C20H35N5O/c1-17(16-26-4)23-20(21-2)22-11-8-12-25-14-13-24(3)15-19(25)18-9-6-5-7-10-18/h5-7,9-10,17,19H,8,11-16H2,1-4H3,(H2,21,22,23). The summed E-state index contributed by atoms with van der Waals surface area (Å²) in [6.45, 7) is 8.10. The fourth-order valence-electron chi connectivity index (χ4n) is 3.42. The average molecular weight is 362 g/mol. The third-order valence-corrected chi connectivity index (χ3v) is 4.82. The van der Waals surface area contributed by atoms with Crippen LogP contribution in [-0.2, 0) is 4.74 Å². The fraction of sp³-hybridized carbons (Fsp3) is 0.650. The van der Waals surface area contributed by atoms with E-state index in [4.69, 9.17) is 4.74 Å². The molecule has 0 aliphatic carbocycles. The van der Waals surface area contributed by atoms with Gasteiger partial charge in [-0.1, -0.05) is 30.3 Å². The summed E-state index contributed by atoms with van der Waals surface area (Å²) < 4.78 is 5.16. The summed E-state index contributed by atoms with van der Waals surface area (Å²) in [5, 5.41) is 6.75. The van der Waals surface area contributed by atoms with E-state index in [1.165, 1.54) is 5.56 Å². The first-order chi connectivity index (χ1) is 12.6. The lowest BCUT2D eigenvalue weighted by atomic mass is 10.0. The van der Waals surface area contributed by atoms with Crippen molar-refractivity contribution in [2.75, 3.05) is 60.5 Å². The summed E-state index contributed by atoms with van der Waals surface area (Å²) in [7, 11) is 5.74. The Morgan fingerprint density at radius 2 is 2.08 bits per heavy atom. The summed E-state index contributed by atoms with van der Waals surface area (Å²) in [6, 6.07) is 11.6. The number of aliphatic imine (C=N–C) groups is 1. The second kappa shape index (κ2) is 11.2. The van der Waals surface area contributed by atoms with Gasteiger partial charge in [0.05, 0.1) is 6.61 Å². The fourth-order valence-corrected chi connectivity index (χ4v) is 3.42. The molecule has 2 N–H and O–H groups in total. The third-order valence-electron chi connectivity index (χ3n) is 4.82. The van der Waals surface area contributed by atoms with Crippen LogP contribution in [0.1, 0.15) is 24.9 Å². The first-order valence-electron chi connectivity index (χ1n) is 9.57. The lowest BCUT2D eigenvalue weighted by molar-refractivity contribution is 0.0891. The zero-order valence-electron chi connectivity index (χ0n) is 16.7. The molecule has 0 bridgehead atoms. The summed E-state index contributed by atoms with van der Waals surface area (Å²) in [4.78, 5) is 9.32. The maximum atomic E-state index is 5.16. The van der Waals surface area contributed by atoms with E-state index in [1.807, 2.05) is 0 Å². The van der Waals surface area contributed by atoms with Crippen molar-refractivity contribution in [1.82, 2.24) is 20.4 Å². The molecule has 1 saturated heterocycles. The summed E-state index contributed by atoms with van der Waals surface area (Å²) in [6.07, 6.45) is 1.09. The van der Waals surface area contributed by atoms with Crippen LogP contribution in [0.25, 0.3) is 0 Å². The second-order valence-corrected chi connectivity index (χ2v) is 7.08. The monoisotopic (exact) mass is 361 g/mol. The van der Waals surface area contributed by atoms with E-state index in [1.54, 1.807) is 14.2 Å². The average Bonchev–Trinajstić information content (AvgIpc) is 2.66. The number of nitrogens with zero attached hydrogens (tertiary/aromatic N) is 3. The van der Waals surface area contributed by atoms with Gasteiger partial charge in [0.15, 0.2) is 5.96 Å². The number of nitrogens with one attached hydrogen (secondary N) is 2. The first-order valence-corrected chi connectivity index (χ1v) is 9.57. The summed E-state index contributed by atoms with van der Waals surface area (Å²) in [5.41, 5.74) is 1.41. The molecule has 1 aliphatic rings. The molecule has 6 nitrogen and oxygen atoms in total. The van der Waals surface area contributed by atoms with Crippen molar-refractivity contribution >= 4 is 5.96 Å². The number of likely N-dealkylation sites (N-methyl/N-ethyl adjacent to an activating group) is 1. The molecule has 6 heteroatoms. The molecule has 26 heavy (non-hydrogen) atoms. The number of methoxy groups -OCH3 is 1. The number of hydrogen-bond acceptors (Lipinski definition) is 4. The van der Waals surface area contributed by atoms with E-state index >= 15 is 0 Å². The van der Waals surface area contributed by atoms with Crippen LogP contribution >= 0.6 is 0 Å². The van der Waals surface area contributed by atoms with Gasteiger partial charge in [0.1, 0.15) is 0 Å². The summed E-state index contributed by atoms with van der Waals surface area (Å²) >= 11 is 0. The quantitative estimate of drug-likeness (QED) is 0.418. The Morgan fingerprint density at radius 3 is 2.77 bits per heavy atom. The SMILES string of the molecule is CN=C(NCCCN1CCN(C)CC1c1ccccc1)NC(C)COC. The number of hydrogen-bond donors (Lipinski definition) is 2. The predicted octanol–water partition coefficient (Wildman–Crippen LogP) is 1.57. The van der Waals surface area contributed by atoms with Crippen molar-refractivity contribution in [3.8, 4) is 0 Å². The minimum atomic E-state index is 0.242. The second-order valence-electron chi connectivity index (χ2n) is 7.08. The summed E-state index contributed by atoms with van der Waals surface area (Å²) in [5.74, 6) is 0.840. The van der Waals surface area contributed by atoms with E-state index < -0.39 is 0 Å². The maximum absolute atomic E-state index is 5.16. The van der Waals surface area contributed by atoms with Crippen LogP contribution in [0.3, 0.4) is 0 Å². The number of benzene rings is 1. The molecule has 1 aromatic rings. The van der Waals surface area contributed by atoms with Crippen molar-refractivity contribution in [3.63, 3.8) is 0 Å². The van der Waals surface area contributed by atoms with Gasteiger partial charge in [-0.25, -0.2) is 0 Å². The van der Waals surface area contributed by atoms with Crippen molar-refractivity contribution in [2.24, 2.45) is 4.99 Å².